The number of carbonyl (C=O) groups is 1. The van der Waals surface area contributed by atoms with Crippen LogP contribution in [0.1, 0.15) is 84.1 Å². The van der Waals surface area contributed by atoms with Gasteiger partial charge in [-0.25, -0.2) is 0 Å². The molecule has 0 heterocycles. The quantitative estimate of drug-likeness (QED) is 0.0791. The van der Waals surface area contributed by atoms with Crippen LogP contribution in [0, 0.1) is 13.8 Å². The highest BCUT2D eigenvalue weighted by atomic mass is 16.5. The van der Waals surface area contributed by atoms with Crippen LogP contribution >= 0.6 is 0 Å². The first kappa shape index (κ1) is 42.8. The topological polar surface area (TPSA) is 32.8 Å². The minimum absolute atomic E-state index is 0.271. The number of hydrogen-bond donors (Lipinski definition) is 0. The number of rotatable bonds is 13. The van der Waals surface area contributed by atoms with Crippen molar-refractivity contribution in [1.29, 1.82) is 0 Å². The summed E-state index contributed by atoms with van der Waals surface area (Å²) in [6.45, 7) is 24.6. The van der Waals surface area contributed by atoms with E-state index < -0.39 is 0 Å². The maximum Gasteiger partial charge on any atom is 0.302 e. The number of nitrogens with zero attached hydrogens (tertiary/aromatic N) is 2. The highest BCUT2D eigenvalue weighted by molar-refractivity contribution is 5.73. The summed E-state index contributed by atoms with van der Waals surface area (Å²) in [5.41, 5.74) is 12.6. The van der Waals surface area contributed by atoms with Gasteiger partial charge in [0.2, 0.25) is 0 Å². The molecule has 0 N–H and O–H groups in total. The maximum absolute atomic E-state index is 11.3. The van der Waals surface area contributed by atoms with Crippen LogP contribution in [-0.2, 0) is 16.1 Å². The van der Waals surface area contributed by atoms with E-state index in [0.29, 0.717) is 0 Å². The molecular weight excluding hydrogens is 637 g/mol. The molecule has 0 unspecified atom stereocenters. The number of ether oxygens (including phenoxy) is 1. The summed E-state index contributed by atoms with van der Waals surface area (Å²) in [5, 5.41) is 0. The van der Waals surface area contributed by atoms with Crippen LogP contribution in [0.2, 0.25) is 0 Å². The predicted molar refractivity (Wildman–Crippen MR) is 228 cm³/mol. The number of allylic oxidation sites excluding steroid dienone is 8. The maximum atomic E-state index is 11.3. The van der Waals surface area contributed by atoms with Crippen molar-refractivity contribution in [2.45, 2.75) is 82.3 Å². The Morgan fingerprint density at radius 1 is 0.692 bits per heavy atom. The zero-order valence-electron chi connectivity index (χ0n) is 33.2. The van der Waals surface area contributed by atoms with E-state index in [1.807, 2.05) is 52.8 Å². The van der Waals surface area contributed by atoms with Crippen molar-refractivity contribution < 1.29 is 9.53 Å². The smallest absolute Gasteiger partial charge is 0.302 e. The molecular formula is C48H60N2O2. The first-order valence-electron chi connectivity index (χ1n) is 18.3. The van der Waals surface area contributed by atoms with Gasteiger partial charge in [0.1, 0.15) is 6.61 Å². The van der Waals surface area contributed by atoms with Crippen LogP contribution in [0.15, 0.2) is 151 Å². The Morgan fingerprint density at radius 3 is 1.62 bits per heavy atom. The molecule has 0 aliphatic rings. The third-order valence-electron chi connectivity index (χ3n) is 7.81. The van der Waals surface area contributed by atoms with Crippen LogP contribution < -0.4 is 9.80 Å². The molecule has 52 heavy (non-hydrogen) atoms. The largest absolute Gasteiger partial charge is 0.461 e. The lowest BCUT2D eigenvalue weighted by Crippen LogP contribution is -2.16. The summed E-state index contributed by atoms with van der Waals surface area (Å²) in [5.74, 6) is -0.279. The van der Waals surface area contributed by atoms with Crippen LogP contribution in [0.3, 0.4) is 0 Å². The average Bonchev–Trinajstić information content (AvgIpc) is 3.14. The molecule has 0 bridgehead atoms. The molecule has 0 saturated heterocycles. The van der Waals surface area contributed by atoms with Gasteiger partial charge in [-0.3, -0.25) is 4.79 Å². The zero-order valence-corrected chi connectivity index (χ0v) is 33.2. The van der Waals surface area contributed by atoms with Gasteiger partial charge >= 0.3 is 5.97 Å². The van der Waals surface area contributed by atoms with Crippen LogP contribution in [0.4, 0.5) is 22.7 Å². The van der Waals surface area contributed by atoms with Gasteiger partial charge in [-0.15, -0.1) is 6.58 Å². The molecule has 274 valence electrons. The molecule has 4 rings (SSSR count). The fourth-order valence-electron chi connectivity index (χ4n) is 5.11. The minimum atomic E-state index is -0.279. The molecule has 0 aliphatic heterocycles. The van der Waals surface area contributed by atoms with Gasteiger partial charge in [0.05, 0.1) is 0 Å². The molecule has 0 fully saturated rings. The molecule has 4 aromatic carbocycles. The Bertz CT molecular complexity index is 1770. The number of aryl methyl sites for hydroxylation is 2. The summed E-state index contributed by atoms with van der Waals surface area (Å²) in [7, 11) is 0. The summed E-state index contributed by atoms with van der Waals surface area (Å²) in [6, 6.07) is 34.3. The van der Waals surface area contributed by atoms with Crippen LogP contribution in [0.25, 0.3) is 5.57 Å². The van der Waals surface area contributed by atoms with E-state index in [1.54, 1.807) is 0 Å². The van der Waals surface area contributed by atoms with Crippen molar-refractivity contribution in [2.75, 3.05) is 16.3 Å². The van der Waals surface area contributed by atoms with E-state index in [-0.39, 0.29) is 12.6 Å². The normalized spacial score (nSPS) is 11.3. The van der Waals surface area contributed by atoms with E-state index in [4.69, 9.17) is 4.74 Å². The van der Waals surface area contributed by atoms with E-state index in [0.717, 1.165) is 35.6 Å². The molecule has 4 aromatic rings. The monoisotopic (exact) mass is 696 g/mol. The minimum Gasteiger partial charge on any atom is -0.461 e. The number of anilines is 4. The molecule has 0 aliphatic carbocycles. The van der Waals surface area contributed by atoms with Gasteiger partial charge in [-0.05, 0) is 119 Å². The summed E-state index contributed by atoms with van der Waals surface area (Å²) < 4.78 is 5.20. The van der Waals surface area contributed by atoms with Gasteiger partial charge in [0.25, 0.3) is 0 Å². The first-order valence-corrected chi connectivity index (χ1v) is 18.3. The Morgan fingerprint density at radius 2 is 1.15 bits per heavy atom. The summed E-state index contributed by atoms with van der Waals surface area (Å²) in [6.07, 6.45) is 13.7. The third-order valence-corrected chi connectivity index (χ3v) is 7.81. The van der Waals surface area contributed by atoms with Crippen molar-refractivity contribution >= 4 is 34.3 Å². The second-order valence-corrected chi connectivity index (χ2v) is 12.6. The molecule has 4 heteroatoms. The van der Waals surface area contributed by atoms with E-state index in [1.165, 1.54) is 46.1 Å². The molecule has 0 saturated carbocycles. The van der Waals surface area contributed by atoms with Crippen molar-refractivity contribution in [3.8, 4) is 0 Å². The number of benzene rings is 4. The van der Waals surface area contributed by atoms with Crippen molar-refractivity contribution in [3.63, 3.8) is 0 Å². The first-order chi connectivity index (χ1) is 25.0. The zero-order chi connectivity index (χ0) is 38.5. The van der Waals surface area contributed by atoms with Gasteiger partial charge in [-0.2, -0.15) is 0 Å². The second kappa shape index (κ2) is 23.2. The summed E-state index contributed by atoms with van der Waals surface area (Å²) in [4.78, 5) is 15.9. The highest BCUT2D eigenvalue weighted by Crippen LogP contribution is 2.33. The lowest BCUT2D eigenvalue weighted by Gasteiger charge is -2.28. The SMILES string of the molecule is C/C=C\C=C/CN(c1ccc(C)cc1)c1ccc(/C(C)=C/C=C(\CC)N(c2ccc(C)cc2)c2ccc(COC(C)=O)cc2)cc1.C=C(C)C.CC. The lowest BCUT2D eigenvalue weighted by atomic mass is 10.0. The Labute approximate surface area is 315 Å². The van der Waals surface area contributed by atoms with Gasteiger partial charge in [-0.1, -0.05) is 116 Å². The Hall–Kier alpha value is -5.35. The third kappa shape index (κ3) is 14.5. The van der Waals surface area contributed by atoms with Crippen molar-refractivity contribution in [2.24, 2.45) is 0 Å². The van der Waals surface area contributed by atoms with Crippen molar-refractivity contribution in [1.82, 2.24) is 0 Å². The van der Waals surface area contributed by atoms with Crippen LogP contribution in [0.5, 0.6) is 0 Å². The number of hydrogen-bond acceptors (Lipinski definition) is 4. The molecule has 0 atom stereocenters. The van der Waals surface area contributed by atoms with Gasteiger partial charge < -0.3 is 14.5 Å². The molecule has 0 aromatic heterocycles. The second-order valence-electron chi connectivity index (χ2n) is 12.6. The number of carbonyl (C=O) groups excluding carboxylic acids is 1. The molecule has 4 nitrogen and oxygen atoms in total. The van der Waals surface area contributed by atoms with Gasteiger partial charge in [0.15, 0.2) is 0 Å². The van der Waals surface area contributed by atoms with E-state index >= 15 is 0 Å². The Balaban J connectivity index is 0.00000146. The Kier molecular flexibility index (Phi) is 19.1. The molecule has 0 amide bonds. The molecule has 0 spiro atoms. The summed E-state index contributed by atoms with van der Waals surface area (Å²) >= 11 is 0. The predicted octanol–water partition coefficient (Wildman–Crippen LogP) is 13.8. The van der Waals surface area contributed by atoms with Crippen LogP contribution in [-0.4, -0.2) is 12.5 Å². The number of esters is 1. The lowest BCUT2D eigenvalue weighted by molar-refractivity contribution is -0.142. The van der Waals surface area contributed by atoms with E-state index in [9.17, 15) is 4.79 Å². The fourth-order valence-corrected chi connectivity index (χ4v) is 5.11. The average molecular weight is 697 g/mol. The van der Waals surface area contributed by atoms with E-state index in [2.05, 4.69) is 159 Å². The highest BCUT2D eigenvalue weighted by Gasteiger charge is 2.14. The molecule has 0 radical (unpaired) electrons. The standard InChI is InChI=1S/C42H46N2O2.C4H8.C2H6/c1-7-9-10-11-30-43(39-21-12-32(3)13-22-39)40-28-19-37(20-29-40)34(5)16-25-38(8-2)44(41-23-14-33(4)15-24-41)42-26-17-36(18-27-42)31-46-35(6)45;1-4(2)3;1-2/h7,9-29H,8,30-31H2,1-6H3;1H2,2-3H3;1-2H3/b9-7-,11-10-,34-16+,38-25+;;. The van der Waals surface area contributed by atoms with Crippen molar-refractivity contribution in [3.05, 3.63) is 174 Å². The van der Waals surface area contributed by atoms with Gasteiger partial charge in [0, 0.05) is 41.9 Å². The fraction of sp³-hybridized carbons (Fsp3) is 0.271.